The molecule has 1 nitrogen and oxygen atoms in total. The number of aromatic nitrogens is 1. The summed E-state index contributed by atoms with van der Waals surface area (Å²) >= 11 is 1.72. The van der Waals surface area contributed by atoms with Gasteiger partial charge in [-0.2, -0.15) is 0 Å². The van der Waals surface area contributed by atoms with Crippen LogP contribution >= 0.6 is 11.3 Å². The Morgan fingerprint density at radius 1 is 0.519 bits per heavy atom. The summed E-state index contributed by atoms with van der Waals surface area (Å²) in [6.07, 6.45) is 0. The smallest absolute Gasteiger partial charge is 0.0815 e. The average Bonchev–Trinajstić information content (AvgIpc) is 3.29. The molecule has 0 fully saturated rings. The average molecular weight is 363 g/mol. The lowest BCUT2D eigenvalue weighted by molar-refractivity contribution is 1.34. The molecule has 0 spiro atoms. The van der Waals surface area contributed by atoms with E-state index in [0.29, 0.717) is 0 Å². The van der Waals surface area contributed by atoms with Gasteiger partial charge in [0, 0.05) is 5.56 Å². The van der Waals surface area contributed by atoms with E-state index in [9.17, 15) is 0 Å². The van der Waals surface area contributed by atoms with Crippen molar-refractivity contribution < 1.29 is 0 Å². The van der Waals surface area contributed by atoms with Crippen molar-refractivity contribution in [2.45, 2.75) is 0 Å². The molecule has 5 rings (SSSR count). The van der Waals surface area contributed by atoms with Crippen LogP contribution in [0.25, 0.3) is 43.7 Å². The number of benzene rings is 3. The summed E-state index contributed by atoms with van der Waals surface area (Å²) in [5.41, 5.74) is 5.57. The quantitative estimate of drug-likeness (QED) is 0.328. The van der Waals surface area contributed by atoms with Crippen molar-refractivity contribution in [3.8, 4) is 33.0 Å². The molecule has 0 aliphatic heterocycles. The minimum atomic E-state index is 1.01. The second-order valence-electron chi connectivity index (χ2n) is 6.53. The first-order valence-corrected chi connectivity index (χ1v) is 9.85. The van der Waals surface area contributed by atoms with E-state index in [4.69, 9.17) is 4.98 Å². The standard InChI is InChI=1S/C25H17NS/c1-2-7-18(8-3-1)22-16-23(26-24(17-22)25-11-6-14-27-25)21-13-12-19-9-4-5-10-20(19)15-21/h1-17H. The van der Waals surface area contributed by atoms with Crippen molar-refractivity contribution in [3.05, 3.63) is 102 Å². The predicted octanol–water partition coefficient (Wildman–Crippen LogP) is 7.30. The van der Waals surface area contributed by atoms with Gasteiger partial charge in [-0.25, -0.2) is 4.98 Å². The van der Waals surface area contributed by atoms with Crippen LogP contribution in [0.2, 0.25) is 0 Å². The second kappa shape index (κ2) is 6.82. The molecule has 2 aromatic heterocycles. The zero-order chi connectivity index (χ0) is 18.1. The summed E-state index contributed by atoms with van der Waals surface area (Å²) in [6, 6.07) is 34.1. The van der Waals surface area contributed by atoms with Crippen molar-refractivity contribution in [2.75, 3.05) is 0 Å². The first-order chi connectivity index (χ1) is 13.4. The lowest BCUT2D eigenvalue weighted by atomic mass is 10.00. The van der Waals surface area contributed by atoms with Crippen LogP contribution in [0.4, 0.5) is 0 Å². The van der Waals surface area contributed by atoms with Crippen LogP contribution in [-0.4, -0.2) is 4.98 Å². The van der Waals surface area contributed by atoms with Crippen molar-refractivity contribution >= 4 is 22.1 Å². The van der Waals surface area contributed by atoms with E-state index >= 15 is 0 Å². The van der Waals surface area contributed by atoms with Gasteiger partial charge in [-0.3, -0.25) is 0 Å². The minimum absolute atomic E-state index is 1.01. The van der Waals surface area contributed by atoms with E-state index in [1.54, 1.807) is 11.3 Å². The maximum absolute atomic E-state index is 4.99. The van der Waals surface area contributed by atoms with Crippen LogP contribution in [0.5, 0.6) is 0 Å². The summed E-state index contributed by atoms with van der Waals surface area (Å²) in [5, 5.41) is 4.58. The molecule has 0 bridgehead atoms. The monoisotopic (exact) mass is 363 g/mol. The van der Waals surface area contributed by atoms with E-state index in [0.717, 1.165) is 17.0 Å². The Balaban J connectivity index is 1.71. The zero-order valence-electron chi connectivity index (χ0n) is 14.7. The topological polar surface area (TPSA) is 12.9 Å². The lowest BCUT2D eigenvalue weighted by Crippen LogP contribution is -1.90. The van der Waals surface area contributed by atoms with Crippen LogP contribution in [0, 0.1) is 0 Å². The third-order valence-corrected chi connectivity index (χ3v) is 5.64. The Morgan fingerprint density at radius 2 is 1.30 bits per heavy atom. The van der Waals surface area contributed by atoms with Gasteiger partial charge >= 0.3 is 0 Å². The number of rotatable bonds is 3. The summed E-state index contributed by atoms with van der Waals surface area (Å²) < 4.78 is 0. The molecule has 128 valence electrons. The number of pyridine rings is 1. The SMILES string of the molecule is c1ccc(-c2cc(-c3ccc4ccccc4c3)nc(-c3cccs3)c2)cc1. The molecule has 0 aliphatic rings. The highest BCUT2D eigenvalue weighted by Gasteiger charge is 2.10. The second-order valence-corrected chi connectivity index (χ2v) is 7.48. The molecule has 0 saturated carbocycles. The van der Waals surface area contributed by atoms with E-state index in [1.165, 1.54) is 26.8 Å². The first kappa shape index (κ1) is 16.0. The van der Waals surface area contributed by atoms with E-state index in [-0.39, 0.29) is 0 Å². The Labute approximate surface area is 162 Å². The first-order valence-electron chi connectivity index (χ1n) is 8.97. The molecule has 0 atom stereocenters. The van der Waals surface area contributed by atoms with Crippen LogP contribution in [-0.2, 0) is 0 Å². The van der Waals surface area contributed by atoms with E-state index < -0.39 is 0 Å². The maximum atomic E-state index is 4.99. The van der Waals surface area contributed by atoms with Gasteiger partial charge in [-0.05, 0) is 51.5 Å². The largest absolute Gasteiger partial charge is 0.247 e. The van der Waals surface area contributed by atoms with Gasteiger partial charge in [-0.15, -0.1) is 11.3 Å². The fourth-order valence-corrected chi connectivity index (χ4v) is 4.06. The van der Waals surface area contributed by atoms with Gasteiger partial charge < -0.3 is 0 Å². The van der Waals surface area contributed by atoms with Crippen molar-refractivity contribution in [2.24, 2.45) is 0 Å². The van der Waals surface area contributed by atoms with Gasteiger partial charge in [-0.1, -0.05) is 72.8 Å². The third kappa shape index (κ3) is 3.16. The van der Waals surface area contributed by atoms with Gasteiger partial charge in [0.1, 0.15) is 0 Å². The molecule has 0 radical (unpaired) electrons. The molecule has 0 N–H and O–H groups in total. The predicted molar refractivity (Wildman–Crippen MR) is 116 cm³/mol. The number of nitrogens with zero attached hydrogens (tertiary/aromatic N) is 1. The summed E-state index contributed by atoms with van der Waals surface area (Å²) in [7, 11) is 0. The molecule has 0 saturated heterocycles. The molecule has 2 heteroatoms. The lowest BCUT2D eigenvalue weighted by Gasteiger charge is -2.10. The van der Waals surface area contributed by atoms with Gasteiger partial charge in [0.05, 0.1) is 16.3 Å². The van der Waals surface area contributed by atoms with Gasteiger partial charge in [0.2, 0.25) is 0 Å². The van der Waals surface area contributed by atoms with Crippen LogP contribution in [0.15, 0.2) is 102 Å². The Bertz CT molecular complexity index is 1210. The molecule has 5 aromatic rings. The summed E-state index contributed by atoms with van der Waals surface area (Å²) in [4.78, 5) is 6.18. The Morgan fingerprint density at radius 3 is 2.11 bits per heavy atom. The van der Waals surface area contributed by atoms with Gasteiger partial charge in [0.25, 0.3) is 0 Å². The number of hydrogen-bond donors (Lipinski definition) is 0. The minimum Gasteiger partial charge on any atom is -0.247 e. The highest BCUT2D eigenvalue weighted by molar-refractivity contribution is 7.13. The Kier molecular flexibility index (Phi) is 4.04. The number of hydrogen-bond acceptors (Lipinski definition) is 2. The molecular weight excluding hydrogens is 346 g/mol. The highest BCUT2D eigenvalue weighted by Crippen LogP contribution is 2.32. The normalized spacial score (nSPS) is 11.0. The fraction of sp³-hybridized carbons (Fsp3) is 0. The van der Waals surface area contributed by atoms with Crippen molar-refractivity contribution in [1.82, 2.24) is 4.98 Å². The van der Waals surface area contributed by atoms with E-state index in [2.05, 4.69) is 102 Å². The van der Waals surface area contributed by atoms with Gasteiger partial charge in [0.15, 0.2) is 0 Å². The number of fused-ring (bicyclic) bond motifs is 1. The van der Waals surface area contributed by atoms with Crippen molar-refractivity contribution in [1.29, 1.82) is 0 Å². The molecule has 3 aromatic carbocycles. The zero-order valence-corrected chi connectivity index (χ0v) is 15.5. The molecule has 0 aliphatic carbocycles. The fourth-order valence-electron chi connectivity index (χ4n) is 3.37. The number of thiophene rings is 1. The summed E-state index contributed by atoms with van der Waals surface area (Å²) in [6.45, 7) is 0. The molecular formula is C25H17NS. The molecule has 0 unspecified atom stereocenters. The maximum Gasteiger partial charge on any atom is 0.0815 e. The summed E-state index contributed by atoms with van der Waals surface area (Å²) in [5.74, 6) is 0. The highest BCUT2D eigenvalue weighted by atomic mass is 32.1. The van der Waals surface area contributed by atoms with Crippen LogP contribution < -0.4 is 0 Å². The van der Waals surface area contributed by atoms with Crippen LogP contribution in [0.3, 0.4) is 0 Å². The van der Waals surface area contributed by atoms with Crippen molar-refractivity contribution in [3.63, 3.8) is 0 Å². The molecule has 2 heterocycles. The van der Waals surface area contributed by atoms with E-state index in [1.807, 2.05) is 0 Å². The molecule has 27 heavy (non-hydrogen) atoms. The third-order valence-electron chi connectivity index (χ3n) is 4.75. The van der Waals surface area contributed by atoms with Crippen LogP contribution in [0.1, 0.15) is 0 Å². The molecule has 0 amide bonds. The Hall–Kier alpha value is -3.23.